The lowest BCUT2D eigenvalue weighted by Crippen LogP contribution is -2.08. The molecule has 2 aromatic carbocycles. The molecular weight excluding hydrogens is 458 g/mol. The maximum absolute atomic E-state index is 13.2. The third kappa shape index (κ3) is 4.28. The molecule has 3 aromatic rings. The van der Waals surface area contributed by atoms with Gasteiger partial charge in [-0.15, -0.1) is 11.3 Å². The van der Waals surface area contributed by atoms with E-state index in [0.717, 1.165) is 4.88 Å². The van der Waals surface area contributed by atoms with Crippen LogP contribution in [0.3, 0.4) is 0 Å². The molecule has 31 heavy (non-hydrogen) atoms. The number of hydrogen-bond donors (Lipinski definition) is 1. The van der Waals surface area contributed by atoms with Gasteiger partial charge in [0.15, 0.2) is 9.84 Å². The van der Waals surface area contributed by atoms with Crippen LogP contribution in [0.4, 0.5) is 5.69 Å². The smallest absolute Gasteiger partial charge is 0.337 e. The van der Waals surface area contributed by atoms with Gasteiger partial charge in [-0.05, 0) is 55.8 Å². The third-order valence-electron chi connectivity index (χ3n) is 4.93. The van der Waals surface area contributed by atoms with Crippen LogP contribution in [0.5, 0.6) is 11.5 Å². The van der Waals surface area contributed by atoms with Crippen molar-refractivity contribution < 1.29 is 22.7 Å². The second-order valence-corrected chi connectivity index (χ2v) is 11.0. The van der Waals surface area contributed by atoms with Crippen LogP contribution in [0.15, 0.2) is 41.3 Å². The molecule has 6 nitrogen and oxygen atoms in total. The van der Waals surface area contributed by atoms with E-state index < -0.39 is 15.8 Å². The maximum atomic E-state index is 13.2. The fraction of sp³-hybridized carbons (Fsp3) is 0.227. The monoisotopic (exact) mass is 477 g/mol. The highest BCUT2D eigenvalue weighted by Crippen LogP contribution is 2.44. The molecule has 4 rings (SSSR count). The van der Waals surface area contributed by atoms with E-state index in [1.54, 1.807) is 30.4 Å². The SMILES string of the molecule is COC(=O)c1cc(C)c2c(c1)S(=O)(=O)Cc1cc(NCc3ccc(C)s3)cc(Cl)c1O2. The number of esters is 1. The number of aryl methyl sites for hydroxylation is 2. The average Bonchev–Trinajstić information content (AvgIpc) is 3.08. The summed E-state index contributed by atoms with van der Waals surface area (Å²) < 4.78 is 37.1. The lowest BCUT2D eigenvalue weighted by atomic mass is 10.1. The second kappa shape index (κ2) is 8.18. The van der Waals surface area contributed by atoms with Crippen LogP contribution >= 0.6 is 22.9 Å². The molecule has 0 unspecified atom stereocenters. The van der Waals surface area contributed by atoms with Crippen molar-refractivity contribution in [1.29, 1.82) is 0 Å². The first kappa shape index (κ1) is 21.7. The summed E-state index contributed by atoms with van der Waals surface area (Å²) in [5, 5.41) is 3.60. The molecule has 162 valence electrons. The minimum absolute atomic E-state index is 0.0521. The van der Waals surface area contributed by atoms with Crippen molar-refractivity contribution in [2.24, 2.45) is 0 Å². The first-order valence-corrected chi connectivity index (χ1v) is 12.3. The molecule has 9 heteroatoms. The first-order valence-electron chi connectivity index (χ1n) is 9.43. The predicted octanol–water partition coefficient (Wildman–Crippen LogP) is 5.50. The summed E-state index contributed by atoms with van der Waals surface area (Å²) in [7, 11) is -2.55. The summed E-state index contributed by atoms with van der Waals surface area (Å²) in [5.41, 5.74) is 1.80. The number of rotatable bonds is 4. The molecule has 0 saturated heterocycles. The summed E-state index contributed by atoms with van der Waals surface area (Å²) in [4.78, 5) is 14.3. The lowest BCUT2D eigenvalue weighted by Gasteiger charge is -2.14. The Labute approximate surface area is 189 Å². The number of benzene rings is 2. The summed E-state index contributed by atoms with van der Waals surface area (Å²) in [6, 6.07) is 10.4. The van der Waals surface area contributed by atoms with Crippen LogP contribution < -0.4 is 10.1 Å². The number of ether oxygens (including phenoxy) is 2. The van der Waals surface area contributed by atoms with Gasteiger partial charge in [0.05, 0.1) is 23.4 Å². The van der Waals surface area contributed by atoms with E-state index in [2.05, 4.69) is 5.32 Å². The highest BCUT2D eigenvalue weighted by Gasteiger charge is 2.31. The van der Waals surface area contributed by atoms with Crippen molar-refractivity contribution in [3.63, 3.8) is 0 Å². The minimum atomic E-state index is -3.79. The summed E-state index contributed by atoms with van der Waals surface area (Å²) in [6.45, 7) is 4.32. The number of sulfone groups is 1. The summed E-state index contributed by atoms with van der Waals surface area (Å²) in [5.74, 6) is -0.443. The number of methoxy groups -OCH3 is 1. The Bertz CT molecular complexity index is 1300. The Morgan fingerprint density at radius 1 is 1.19 bits per heavy atom. The molecule has 0 spiro atoms. The number of anilines is 1. The largest absolute Gasteiger partial charge is 0.465 e. The molecule has 1 aliphatic heterocycles. The molecule has 0 fully saturated rings. The van der Waals surface area contributed by atoms with E-state index in [1.165, 1.54) is 24.1 Å². The van der Waals surface area contributed by atoms with Crippen LogP contribution in [-0.2, 0) is 26.9 Å². The van der Waals surface area contributed by atoms with Gasteiger partial charge in [-0.3, -0.25) is 0 Å². The van der Waals surface area contributed by atoms with Gasteiger partial charge in [0.25, 0.3) is 0 Å². The summed E-state index contributed by atoms with van der Waals surface area (Å²) in [6.07, 6.45) is 0. The van der Waals surface area contributed by atoms with Crippen molar-refractivity contribution in [3.8, 4) is 11.5 Å². The molecular formula is C22H20ClNO5S2. The highest BCUT2D eigenvalue weighted by molar-refractivity contribution is 7.90. The third-order valence-corrected chi connectivity index (χ3v) is 7.88. The van der Waals surface area contributed by atoms with Gasteiger partial charge in [-0.1, -0.05) is 11.6 Å². The number of carbonyl (C=O) groups excluding carboxylic acids is 1. The number of halogens is 1. The molecule has 0 bridgehead atoms. The zero-order chi connectivity index (χ0) is 22.3. The molecule has 0 aliphatic carbocycles. The normalized spacial score (nSPS) is 14.1. The number of carbonyl (C=O) groups is 1. The van der Waals surface area contributed by atoms with Crippen molar-refractivity contribution in [3.05, 3.63) is 67.9 Å². The van der Waals surface area contributed by atoms with Gasteiger partial charge >= 0.3 is 5.97 Å². The molecule has 0 atom stereocenters. The van der Waals surface area contributed by atoms with E-state index in [0.29, 0.717) is 34.1 Å². The van der Waals surface area contributed by atoms with Crippen molar-refractivity contribution in [1.82, 2.24) is 0 Å². The first-order chi connectivity index (χ1) is 14.7. The highest BCUT2D eigenvalue weighted by atomic mass is 35.5. The van der Waals surface area contributed by atoms with Crippen molar-refractivity contribution in [2.75, 3.05) is 12.4 Å². The van der Waals surface area contributed by atoms with Gasteiger partial charge < -0.3 is 14.8 Å². The Morgan fingerprint density at radius 2 is 1.97 bits per heavy atom. The molecule has 0 saturated carbocycles. The van der Waals surface area contributed by atoms with Crippen LogP contribution in [0.25, 0.3) is 0 Å². The van der Waals surface area contributed by atoms with Gasteiger partial charge in [0, 0.05) is 27.5 Å². The lowest BCUT2D eigenvalue weighted by molar-refractivity contribution is 0.0600. The van der Waals surface area contributed by atoms with Gasteiger partial charge in [-0.2, -0.15) is 0 Å². The Balaban J connectivity index is 1.73. The Morgan fingerprint density at radius 3 is 2.65 bits per heavy atom. The van der Waals surface area contributed by atoms with Crippen LogP contribution in [-0.4, -0.2) is 21.5 Å². The molecule has 1 aromatic heterocycles. The van der Waals surface area contributed by atoms with E-state index in [4.69, 9.17) is 21.1 Å². The quantitative estimate of drug-likeness (QED) is 0.500. The van der Waals surface area contributed by atoms with Crippen molar-refractivity contribution in [2.45, 2.75) is 31.0 Å². The Kier molecular flexibility index (Phi) is 5.72. The molecule has 0 radical (unpaired) electrons. The number of nitrogens with one attached hydrogen (secondary N) is 1. The molecule has 0 amide bonds. The fourth-order valence-corrected chi connectivity index (χ4v) is 6.15. The minimum Gasteiger partial charge on any atom is -0.465 e. The summed E-state index contributed by atoms with van der Waals surface area (Å²) >= 11 is 8.18. The van der Waals surface area contributed by atoms with Crippen LogP contribution in [0.1, 0.15) is 31.2 Å². The number of thiophene rings is 1. The predicted molar refractivity (Wildman–Crippen MR) is 121 cm³/mol. The van der Waals surface area contributed by atoms with E-state index in [1.807, 2.05) is 19.1 Å². The van der Waals surface area contributed by atoms with Crippen LogP contribution in [0.2, 0.25) is 5.02 Å². The zero-order valence-corrected chi connectivity index (χ0v) is 19.5. The standard InChI is InChI=1S/C22H20ClNO5S2/c1-12-6-14(22(25)28-3)8-19-20(12)29-21-15(11-31(19,26)27)7-16(9-18(21)23)24-10-17-5-4-13(2)30-17/h4-9,24H,10-11H2,1-3H3. The number of hydrogen-bond acceptors (Lipinski definition) is 7. The number of fused-ring (bicyclic) bond motifs is 2. The van der Waals surface area contributed by atoms with E-state index >= 15 is 0 Å². The van der Waals surface area contributed by atoms with Gasteiger partial charge in [0.1, 0.15) is 16.4 Å². The maximum Gasteiger partial charge on any atom is 0.337 e. The fourth-order valence-electron chi connectivity index (χ4n) is 3.47. The van der Waals surface area contributed by atoms with Gasteiger partial charge in [-0.25, -0.2) is 13.2 Å². The average molecular weight is 478 g/mol. The van der Waals surface area contributed by atoms with E-state index in [9.17, 15) is 13.2 Å². The van der Waals surface area contributed by atoms with E-state index in [-0.39, 0.29) is 22.0 Å². The second-order valence-electron chi connectivity index (χ2n) is 7.29. The molecule has 2 heterocycles. The molecule has 1 N–H and O–H groups in total. The Hall–Kier alpha value is -2.55. The van der Waals surface area contributed by atoms with Crippen LogP contribution in [0, 0.1) is 13.8 Å². The van der Waals surface area contributed by atoms with Gasteiger partial charge in [0.2, 0.25) is 0 Å². The van der Waals surface area contributed by atoms with Crippen molar-refractivity contribution >= 4 is 44.4 Å². The molecule has 1 aliphatic rings. The zero-order valence-electron chi connectivity index (χ0n) is 17.1. The topological polar surface area (TPSA) is 81.7 Å².